The van der Waals surface area contributed by atoms with Crippen LogP contribution >= 0.6 is 0 Å². The average Bonchev–Trinajstić information content (AvgIpc) is 3.16. The van der Waals surface area contributed by atoms with Gasteiger partial charge in [-0.2, -0.15) is 0 Å². The molecule has 1 aliphatic carbocycles. The maximum atomic E-state index is 13.2. The maximum Gasteiger partial charge on any atom is 0.191 e. The fourth-order valence-corrected chi connectivity index (χ4v) is 3.14. The molecular formula is C17H23FN4. The Labute approximate surface area is 130 Å². The molecule has 0 aliphatic heterocycles. The summed E-state index contributed by atoms with van der Waals surface area (Å²) >= 11 is 0. The first-order valence-electron chi connectivity index (χ1n) is 7.99. The van der Waals surface area contributed by atoms with Gasteiger partial charge >= 0.3 is 0 Å². The van der Waals surface area contributed by atoms with Crippen LogP contribution in [-0.2, 0) is 6.42 Å². The minimum Gasteiger partial charge on any atom is -0.361 e. The SMILES string of the molecule is CN=C(NCCc1c[nH]c2cc(F)ccc12)NC1CCCC1. The lowest BCUT2D eigenvalue weighted by Gasteiger charge is -2.16. The molecule has 1 fully saturated rings. The lowest BCUT2D eigenvalue weighted by atomic mass is 10.1. The highest BCUT2D eigenvalue weighted by atomic mass is 19.1. The molecule has 4 nitrogen and oxygen atoms in total. The number of fused-ring (bicyclic) bond motifs is 1. The predicted molar refractivity (Wildman–Crippen MR) is 88.7 cm³/mol. The first-order valence-corrected chi connectivity index (χ1v) is 7.99. The Kier molecular flexibility index (Phi) is 4.61. The molecule has 0 atom stereocenters. The lowest BCUT2D eigenvalue weighted by Crippen LogP contribution is -2.42. The van der Waals surface area contributed by atoms with E-state index in [9.17, 15) is 4.39 Å². The van der Waals surface area contributed by atoms with Crippen LogP contribution in [0, 0.1) is 5.82 Å². The second-order valence-corrected chi connectivity index (χ2v) is 5.88. The summed E-state index contributed by atoms with van der Waals surface area (Å²) in [5.41, 5.74) is 2.04. The second kappa shape index (κ2) is 6.81. The number of hydrogen-bond donors (Lipinski definition) is 3. The van der Waals surface area contributed by atoms with Crippen molar-refractivity contribution in [2.75, 3.05) is 13.6 Å². The van der Waals surface area contributed by atoms with Crippen LogP contribution in [0.4, 0.5) is 4.39 Å². The van der Waals surface area contributed by atoms with Gasteiger partial charge in [-0.15, -0.1) is 0 Å². The van der Waals surface area contributed by atoms with Crippen LogP contribution in [0.25, 0.3) is 10.9 Å². The van der Waals surface area contributed by atoms with Crippen molar-refractivity contribution in [3.8, 4) is 0 Å². The summed E-state index contributed by atoms with van der Waals surface area (Å²) in [7, 11) is 1.80. The molecule has 3 N–H and O–H groups in total. The zero-order chi connectivity index (χ0) is 15.4. The van der Waals surface area contributed by atoms with Gasteiger partial charge in [0.1, 0.15) is 5.82 Å². The van der Waals surface area contributed by atoms with Crippen LogP contribution in [-0.4, -0.2) is 30.6 Å². The predicted octanol–water partition coefficient (Wildman–Crippen LogP) is 2.96. The summed E-state index contributed by atoms with van der Waals surface area (Å²) in [6.07, 6.45) is 7.90. The molecule has 1 heterocycles. The van der Waals surface area contributed by atoms with E-state index in [1.807, 2.05) is 12.3 Å². The highest BCUT2D eigenvalue weighted by Crippen LogP contribution is 2.19. The van der Waals surface area contributed by atoms with Gasteiger partial charge in [0.25, 0.3) is 0 Å². The lowest BCUT2D eigenvalue weighted by molar-refractivity contribution is 0.613. The number of guanidine groups is 1. The van der Waals surface area contributed by atoms with Gasteiger partial charge in [0, 0.05) is 36.7 Å². The van der Waals surface area contributed by atoms with Gasteiger partial charge in [0.05, 0.1) is 0 Å². The van der Waals surface area contributed by atoms with Crippen molar-refractivity contribution in [1.82, 2.24) is 15.6 Å². The fraction of sp³-hybridized carbons (Fsp3) is 0.471. The summed E-state index contributed by atoms with van der Waals surface area (Å²) < 4.78 is 13.2. The van der Waals surface area contributed by atoms with Crippen LogP contribution < -0.4 is 10.6 Å². The van der Waals surface area contributed by atoms with E-state index >= 15 is 0 Å². The highest BCUT2D eigenvalue weighted by Gasteiger charge is 2.15. The zero-order valence-electron chi connectivity index (χ0n) is 13.0. The van der Waals surface area contributed by atoms with Crippen molar-refractivity contribution in [2.45, 2.75) is 38.1 Å². The Hall–Kier alpha value is -2.04. The van der Waals surface area contributed by atoms with E-state index in [0.29, 0.717) is 6.04 Å². The van der Waals surface area contributed by atoms with Gasteiger partial charge in [0.15, 0.2) is 5.96 Å². The molecule has 1 saturated carbocycles. The third-order valence-corrected chi connectivity index (χ3v) is 4.34. The second-order valence-electron chi connectivity index (χ2n) is 5.88. The van der Waals surface area contributed by atoms with Crippen molar-refractivity contribution in [3.05, 3.63) is 35.8 Å². The Morgan fingerprint density at radius 1 is 1.36 bits per heavy atom. The Balaban J connectivity index is 1.54. The van der Waals surface area contributed by atoms with Crippen molar-refractivity contribution in [2.24, 2.45) is 4.99 Å². The summed E-state index contributed by atoms with van der Waals surface area (Å²) in [6, 6.07) is 5.44. The number of H-pyrrole nitrogens is 1. The standard InChI is InChI=1S/C17H23FN4/c1-19-17(22-14-4-2-3-5-14)20-9-8-12-11-21-16-10-13(18)6-7-15(12)16/h6-7,10-11,14,21H,2-5,8-9H2,1H3,(H2,19,20,22). The van der Waals surface area contributed by atoms with E-state index in [1.54, 1.807) is 7.05 Å². The Morgan fingerprint density at radius 2 is 2.18 bits per heavy atom. The van der Waals surface area contributed by atoms with Gasteiger partial charge in [0.2, 0.25) is 0 Å². The summed E-state index contributed by atoms with van der Waals surface area (Å²) in [5, 5.41) is 7.92. The molecule has 5 heteroatoms. The minimum absolute atomic E-state index is 0.208. The molecule has 0 radical (unpaired) electrons. The average molecular weight is 302 g/mol. The Bertz CT molecular complexity index is 656. The number of nitrogens with one attached hydrogen (secondary N) is 3. The van der Waals surface area contributed by atoms with Crippen molar-refractivity contribution in [1.29, 1.82) is 0 Å². The minimum atomic E-state index is -0.208. The van der Waals surface area contributed by atoms with Gasteiger partial charge in [-0.05, 0) is 43.0 Å². The monoisotopic (exact) mass is 302 g/mol. The number of rotatable bonds is 4. The van der Waals surface area contributed by atoms with E-state index in [-0.39, 0.29) is 5.82 Å². The molecule has 22 heavy (non-hydrogen) atoms. The first kappa shape index (κ1) is 14.9. The third kappa shape index (κ3) is 3.40. The van der Waals surface area contributed by atoms with E-state index in [2.05, 4.69) is 20.6 Å². The van der Waals surface area contributed by atoms with Gasteiger partial charge in [-0.25, -0.2) is 4.39 Å². The first-order chi connectivity index (χ1) is 10.8. The van der Waals surface area contributed by atoms with Gasteiger partial charge < -0.3 is 15.6 Å². The molecule has 1 aliphatic rings. The molecule has 1 aromatic carbocycles. The number of aromatic amines is 1. The van der Waals surface area contributed by atoms with Crippen LogP contribution in [0.1, 0.15) is 31.2 Å². The number of aliphatic imine (C=N–C) groups is 1. The smallest absolute Gasteiger partial charge is 0.191 e. The molecule has 0 unspecified atom stereocenters. The number of nitrogens with zero attached hydrogens (tertiary/aromatic N) is 1. The highest BCUT2D eigenvalue weighted by molar-refractivity contribution is 5.83. The van der Waals surface area contributed by atoms with E-state index < -0.39 is 0 Å². The molecule has 0 saturated heterocycles. The van der Waals surface area contributed by atoms with Gasteiger partial charge in [-0.1, -0.05) is 12.8 Å². The molecule has 2 aromatic rings. The molecule has 1 aromatic heterocycles. The number of halogens is 1. The molecule has 0 bridgehead atoms. The van der Waals surface area contributed by atoms with Crippen LogP contribution in [0.5, 0.6) is 0 Å². The van der Waals surface area contributed by atoms with Crippen LogP contribution in [0.2, 0.25) is 0 Å². The largest absolute Gasteiger partial charge is 0.361 e. The fourth-order valence-electron chi connectivity index (χ4n) is 3.14. The summed E-state index contributed by atoms with van der Waals surface area (Å²) in [4.78, 5) is 7.41. The van der Waals surface area contributed by atoms with Crippen molar-refractivity contribution in [3.63, 3.8) is 0 Å². The number of hydrogen-bond acceptors (Lipinski definition) is 1. The Morgan fingerprint density at radius 3 is 2.95 bits per heavy atom. The molecule has 118 valence electrons. The van der Waals surface area contributed by atoms with E-state index in [0.717, 1.165) is 29.8 Å². The van der Waals surface area contributed by atoms with E-state index in [4.69, 9.17) is 0 Å². The molecule has 0 spiro atoms. The number of benzene rings is 1. The summed E-state index contributed by atoms with van der Waals surface area (Å²) in [5.74, 6) is 0.665. The normalized spacial score (nSPS) is 16.4. The quantitative estimate of drug-likeness (QED) is 0.601. The zero-order valence-corrected chi connectivity index (χ0v) is 13.0. The van der Waals surface area contributed by atoms with Gasteiger partial charge in [-0.3, -0.25) is 4.99 Å². The van der Waals surface area contributed by atoms with Crippen molar-refractivity contribution >= 4 is 16.9 Å². The van der Waals surface area contributed by atoms with Crippen LogP contribution in [0.15, 0.2) is 29.4 Å². The summed E-state index contributed by atoms with van der Waals surface area (Å²) in [6.45, 7) is 0.802. The molecular weight excluding hydrogens is 279 g/mol. The van der Waals surface area contributed by atoms with E-state index in [1.165, 1.54) is 43.4 Å². The molecule has 0 amide bonds. The van der Waals surface area contributed by atoms with Crippen molar-refractivity contribution < 1.29 is 4.39 Å². The number of aromatic nitrogens is 1. The maximum absolute atomic E-state index is 13.2. The van der Waals surface area contributed by atoms with Crippen LogP contribution in [0.3, 0.4) is 0 Å². The molecule has 3 rings (SSSR count). The third-order valence-electron chi connectivity index (χ3n) is 4.34. The topological polar surface area (TPSA) is 52.2 Å².